The SMILES string of the molecule is CSc1ccc(CN[C@@H](C)C[C@H](C)O)cc1. The first-order valence-electron chi connectivity index (χ1n) is 5.66. The predicted octanol–water partition coefficient (Wildman–Crippen LogP) is 2.66. The largest absolute Gasteiger partial charge is 0.393 e. The highest BCUT2D eigenvalue weighted by atomic mass is 32.2. The van der Waals surface area contributed by atoms with Crippen LogP contribution >= 0.6 is 11.8 Å². The lowest BCUT2D eigenvalue weighted by molar-refractivity contribution is 0.170. The van der Waals surface area contributed by atoms with Crippen molar-refractivity contribution in [1.82, 2.24) is 5.32 Å². The quantitative estimate of drug-likeness (QED) is 0.749. The molecular formula is C13H21NOS. The fraction of sp³-hybridized carbons (Fsp3) is 0.538. The van der Waals surface area contributed by atoms with E-state index < -0.39 is 0 Å². The van der Waals surface area contributed by atoms with Crippen LogP contribution in [-0.4, -0.2) is 23.5 Å². The van der Waals surface area contributed by atoms with E-state index in [4.69, 9.17) is 0 Å². The van der Waals surface area contributed by atoms with E-state index in [1.165, 1.54) is 10.5 Å². The van der Waals surface area contributed by atoms with Gasteiger partial charge in [0.15, 0.2) is 0 Å². The second-order valence-electron chi connectivity index (χ2n) is 4.21. The third kappa shape index (κ3) is 5.01. The Hall–Kier alpha value is -0.510. The molecule has 2 nitrogen and oxygen atoms in total. The van der Waals surface area contributed by atoms with Crippen LogP contribution < -0.4 is 5.32 Å². The normalized spacial score (nSPS) is 14.8. The van der Waals surface area contributed by atoms with Crippen LogP contribution in [0.3, 0.4) is 0 Å². The van der Waals surface area contributed by atoms with Crippen LogP contribution in [0.25, 0.3) is 0 Å². The molecule has 2 atom stereocenters. The van der Waals surface area contributed by atoms with Gasteiger partial charge in [-0.2, -0.15) is 0 Å². The number of nitrogens with one attached hydrogen (secondary N) is 1. The molecule has 1 rings (SSSR count). The van der Waals surface area contributed by atoms with Gasteiger partial charge in [-0.25, -0.2) is 0 Å². The molecule has 0 heterocycles. The van der Waals surface area contributed by atoms with Crippen LogP contribution in [0.2, 0.25) is 0 Å². The van der Waals surface area contributed by atoms with E-state index in [0.717, 1.165) is 13.0 Å². The van der Waals surface area contributed by atoms with Crippen molar-refractivity contribution >= 4 is 11.8 Å². The van der Waals surface area contributed by atoms with Crippen LogP contribution in [0.4, 0.5) is 0 Å². The van der Waals surface area contributed by atoms with Gasteiger partial charge in [0.1, 0.15) is 0 Å². The number of hydrogen-bond donors (Lipinski definition) is 2. The molecule has 0 saturated carbocycles. The zero-order valence-corrected chi connectivity index (χ0v) is 11.1. The van der Waals surface area contributed by atoms with Gasteiger partial charge in [-0.15, -0.1) is 11.8 Å². The number of hydrogen-bond acceptors (Lipinski definition) is 3. The third-order valence-electron chi connectivity index (χ3n) is 2.51. The van der Waals surface area contributed by atoms with Gasteiger partial charge in [-0.3, -0.25) is 0 Å². The third-order valence-corrected chi connectivity index (χ3v) is 3.25. The number of rotatable bonds is 6. The molecule has 0 saturated heterocycles. The molecule has 0 amide bonds. The van der Waals surface area contributed by atoms with Gasteiger partial charge in [0.2, 0.25) is 0 Å². The molecule has 0 unspecified atom stereocenters. The minimum Gasteiger partial charge on any atom is -0.393 e. The van der Waals surface area contributed by atoms with Crippen LogP contribution in [0.1, 0.15) is 25.8 Å². The van der Waals surface area contributed by atoms with Gasteiger partial charge in [0.25, 0.3) is 0 Å². The Kier molecular flexibility index (Phi) is 5.88. The highest BCUT2D eigenvalue weighted by Crippen LogP contribution is 2.14. The summed E-state index contributed by atoms with van der Waals surface area (Å²) in [5.74, 6) is 0. The Labute approximate surface area is 102 Å². The molecule has 0 aliphatic heterocycles. The maximum absolute atomic E-state index is 9.25. The van der Waals surface area contributed by atoms with Crippen molar-refractivity contribution in [3.63, 3.8) is 0 Å². The zero-order valence-electron chi connectivity index (χ0n) is 10.2. The van der Waals surface area contributed by atoms with Crippen molar-refractivity contribution in [3.05, 3.63) is 29.8 Å². The molecule has 0 bridgehead atoms. The molecule has 0 spiro atoms. The standard InChI is InChI=1S/C13H21NOS/c1-10(8-11(2)15)14-9-12-4-6-13(16-3)7-5-12/h4-7,10-11,14-15H,8-9H2,1-3H3/t10-,11-/m0/s1. The average Bonchev–Trinajstić information content (AvgIpc) is 2.26. The number of benzene rings is 1. The summed E-state index contributed by atoms with van der Waals surface area (Å²) in [4.78, 5) is 1.29. The summed E-state index contributed by atoms with van der Waals surface area (Å²) >= 11 is 1.76. The van der Waals surface area contributed by atoms with Crippen molar-refractivity contribution in [2.45, 2.75) is 43.9 Å². The van der Waals surface area contributed by atoms with E-state index in [1.807, 2.05) is 6.92 Å². The van der Waals surface area contributed by atoms with Crippen LogP contribution in [0.5, 0.6) is 0 Å². The lowest BCUT2D eigenvalue weighted by Gasteiger charge is -2.15. The first kappa shape index (κ1) is 13.6. The summed E-state index contributed by atoms with van der Waals surface area (Å²) in [7, 11) is 0. The Morgan fingerprint density at radius 1 is 1.25 bits per heavy atom. The molecule has 3 heteroatoms. The van der Waals surface area contributed by atoms with E-state index in [2.05, 4.69) is 42.8 Å². The number of aliphatic hydroxyl groups excluding tert-OH is 1. The molecule has 90 valence electrons. The molecule has 0 aliphatic carbocycles. The second kappa shape index (κ2) is 6.94. The smallest absolute Gasteiger partial charge is 0.0526 e. The van der Waals surface area contributed by atoms with E-state index in [1.54, 1.807) is 11.8 Å². The Balaban J connectivity index is 2.36. The number of thioether (sulfide) groups is 1. The van der Waals surface area contributed by atoms with Gasteiger partial charge in [-0.1, -0.05) is 12.1 Å². The second-order valence-corrected chi connectivity index (χ2v) is 5.09. The molecule has 16 heavy (non-hydrogen) atoms. The van der Waals surface area contributed by atoms with Crippen molar-refractivity contribution in [3.8, 4) is 0 Å². The summed E-state index contributed by atoms with van der Waals surface area (Å²) < 4.78 is 0. The molecular weight excluding hydrogens is 218 g/mol. The maximum Gasteiger partial charge on any atom is 0.0526 e. The van der Waals surface area contributed by atoms with Gasteiger partial charge >= 0.3 is 0 Å². The van der Waals surface area contributed by atoms with Gasteiger partial charge in [0, 0.05) is 17.5 Å². The topological polar surface area (TPSA) is 32.3 Å². The van der Waals surface area contributed by atoms with E-state index >= 15 is 0 Å². The number of aliphatic hydroxyl groups is 1. The van der Waals surface area contributed by atoms with Crippen LogP contribution in [0.15, 0.2) is 29.2 Å². The van der Waals surface area contributed by atoms with E-state index in [-0.39, 0.29) is 6.10 Å². The monoisotopic (exact) mass is 239 g/mol. The molecule has 1 aromatic rings. The molecule has 2 N–H and O–H groups in total. The van der Waals surface area contributed by atoms with E-state index in [0.29, 0.717) is 6.04 Å². The first-order valence-corrected chi connectivity index (χ1v) is 6.88. The first-order chi connectivity index (χ1) is 7.61. The lowest BCUT2D eigenvalue weighted by atomic mass is 10.1. The highest BCUT2D eigenvalue weighted by Gasteiger charge is 2.05. The van der Waals surface area contributed by atoms with Crippen LogP contribution in [-0.2, 0) is 6.54 Å². The predicted molar refractivity (Wildman–Crippen MR) is 70.8 cm³/mol. The van der Waals surface area contributed by atoms with Gasteiger partial charge < -0.3 is 10.4 Å². The van der Waals surface area contributed by atoms with Crippen molar-refractivity contribution in [1.29, 1.82) is 0 Å². The minimum atomic E-state index is -0.235. The van der Waals surface area contributed by atoms with Crippen molar-refractivity contribution < 1.29 is 5.11 Å². The summed E-state index contributed by atoms with van der Waals surface area (Å²) in [5, 5.41) is 12.6. The Bertz CT molecular complexity index is 297. The summed E-state index contributed by atoms with van der Waals surface area (Å²) in [6.07, 6.45) is 2.64. The Morgan fingerprint density at radius 3 is 2.38 bits per heavy atom. The molecule has 1 aromatic carbocycles. The molecule has 0 fully saturated rings. The molecule has 0 aliphatic rings. The van der Waals surface area contributed by atoms with Gasteiger partial charge in [-0.05, 0) is 44.2 Å². The molecule has 0 radical (unpaired) electrons. The lowest BCUT2D eigenvalue weighted by Crippen LogP contribution is -2.28. The van der Waals surface area contributed by atoms with Crippen molar-refractivity contribution in [2.24, 2.45) is 0 Å². The average molecular weight is 239 g/mol. The highest BCUT2D eigenvalue weighted by molar-refractivity contribution is 7.98. The Morgan fingerprint density at radius 2 is 1.88 bits per heavy atom. The zero-order chi connectivity index (χ0) is 12.0. The maximum atomic E-state index is 9.25. The summed E-state index contributed by atoms with van der Waals surface area (Å²) in [6, 6.07) is 8.92. The van der Waals surface area contributed by atoms with E-state index in [9.17, 15) is 5.11 Å². The summed E-state index contributed by atoms with van der Waals surface area (Å²) in [6.45, 7) is 4.79. The van der Waals surface area contributed by atoms with Crippen LogP contribution in [0, 0.1) is 0 Å². The fourth-order valence-electron chi connectivity index (χ4n) is 1.63. The molecule has 0 aromatic heterocycles. The van der Waals surface area contributed by atoms with Gasteiger partial charge in [0.05, 0.1) is 6.10 Å². The fourth-order valence-corrected chi connectivity index (χ4v) is 2.04. The minimum absolute atomic E-state index is 0.235. The van der Waals surface area contributed by atoms with Crippen molar-refractivity contribution in [2.75, 3.05) is 6.26 Å². The summed E-state index contributed by atoms with van der Waals surface area (Å²) in [5.41, 5.74) is 1.29.